The molecule has 4 heterocycles. The van der Waals surface area contributed by atoms with Gasteiger partial charge in [-0.25, -0.2) is 0 Å². The van der Waals surface area contributed by atoms with E-state index < -0.39 is 0 Å². The van der Waals surface area contributed by atoms with Gasteiger partial charge >= 0.3 is 0 Å². The van der Waals surface area contributed by atoms with Crippen LogP contribution in [0, 0.1) is 16.9 Å². The molecule has 1 N–H and O–H groups in total. The molecule has 0 unspecified atom stereocenters. The molecule has 0 amide bonds. The number of rotatable bonds is 9. The average Bonchev–Trinajstić information content (AvgIpc) is 3.78. The summed E-state index contributed by atoms with van der Waals surface area (Å²) in [6.07, 6.45) is 12.0. The van der Waals surface area contributed by atoms with Gasteiger partial charge in [-0.15, -0.1) is 40.5 Å². The third-order valence-electron chi connectivity index (χ3n) is 10.5. The fourth-order valence-electron chi connectivity index (χ4n) is 6.06. The summed E-state index contributed by atoms with van der Waals surface area (Å²) >= 11 is 1.76. The number of carbonyl (C=O) groups is 1. The van der Waals surface area contributed by atoms with E-state index in [9.17, 15) is 9.90 Å². The quantitative estimate of drug-likeness (QED) is 0.0890. The number of aromatic nitrogens is 2. The molecule has 0 saturated carbocycles. The van der Waals surface area contributed by atoms with Gasteiger partial charge in [0.25, 0.3) is 0 Å². The van der Waals surface area contributed by atoms with Crippen LogP contribution < -0.4 is 0 Å². The van der Waals surface area contributed by atoms with Crippen molar-refractivity contribution in [2.24, 2.45) is 10.8 Å². The molecule has 6 rings (SSSR count). The number of hydrogen-bond donors (Lipinski definition) is 1. The number of furan rings is 1. The predicted molar refractivity (Wildman–Crippen MR) is 206 cm³/mol. The maximum atomic E-state index is 12.2. The van der Waals surface area contributed by atoms with Crippen LogP contribution in [-0.2, 0) is 30.3 Å². The van der Waals surface area contributed by atoms with E-state index in [1.54, 1.807) is 23.8 Å². The summed E-state index contributed by atoms with van der Waals surface area (Å²) in [5, 5.41) is 14.7. The van der Waals surface area contributed by atoms with Gasteiger partial charge < -0.3 is 9.52 Å². The number of allylic oxidation sites excluding steroid dienone is 2. The Morgan fingerprint density at radius 2 is 1.56 bits per heavy atom. The molecule has 265 valence electrons. The fourth-order valence-corrected chi connectivity index (χ4v) is 7.14. The zero-order valence-electron chi connectivity index (χ0n) is 30.7. The number of aliphatic hydroxyl groups excluding tert-OH is 1. The van der Waals surface area contributed by atoms with Gasteiger partial charge in [0.1, 0.15) is 5.76 Å². The Hall–Kier alpha value is -3.64. The number of thiophene rings is 1. The molecular weight excluding hydrogens is 817 g/mol. The van der Waals surface area contributed by atoms with Crippen molar-refractivity contribution in [2.45, 2.75) is 93.4 Å². The van der Waals surface area contributed by atoms with Crippen LogP contribution >= 0.6 is 11.3 Å². The van der Waals surface area contributed by atoms with Crippen molar-refractivity contribution in [3.05, 3.63) is 96.8 Å². The zero-order valence-corrected chi connectivity index (χ0v) is 33.9. The minimum Gasteiger partial charge on any atom is -0.512 e. The molecule has 1 radical (unpaired) electrons. The maximum absolute atomic E-state index is 12.2. The van der Waals surface area contributed by atoms with Crippen LogP contribution in [-0.4, -0.2) is 20.9 Å². The summed E-state index contributed by atoms with van der Waals surface area (Å²) in [7, 11) is 0. The van der Waals surface area contributed by atoms with Crippen molar-refractivity contribution >= 4 is 48.9 Å². The van der Waals surface area contributed by atoms with Crippen molar-refractivity contribution in [2.75, 3.05) is 0 Å². The molecule has 6 aromatic rings. The first kappa shape index (κ1) is 39.2. The second kappa shape index (κ2) is 15.7. The summed E-state index contributed by atoms with van der Waals surface area (Å²) in [5.74, 6) is 0.286. The van der Waals surface area contributed by atoms with Crippen molar-refractivity contribution in [1.29, 1.82) is 0 Å². The number of fused-ring (bicyclic) bond motifs is 3. The summed E-state index contributed by atoms with van der Waals surface area (Å²) in [6, 6.07) is 20.7. The molecule has 0 aliphatic rings. The normalized spacial score (nSPS) is 12.5. The molecular formula is C43H49IrN2O3S-. The Bertz CT molecular complexity index is 2130. The maximum Gasteiger partial charge on any atom is 0.164 e. The predicted octanol–water partition coefficient (Wildman–Crippen LogP) is 12.7. The minimum atomic E-state index is -0.337. The number of nitrogens with zero attached hydrogens (tertiary/aromatic N) is 2. The standard InChI is InChI=1S/C28H21N2OS.C15H28O2.Ir/c1-28(2,3)23-13-18(12-17-6-4-5-7-19(17)23)27-21-14-26(32-25(21)8-10-30-27)22-15-29-16-24-20(22)9-11-31-24;1-7-14(5,8-2)12(16)11-13(17)15(6,9-3)10-4;/h4-11,13-16H,1-3H3;11,16H,7-10H2,1-6H3;/q-1;;/b;12-11-;. The Kier molecular flexibility index (Phi) is 12.3. The molecule has 0 atom stereocenters. The molecule has 0 spiro atoms. The molecule has 0 fully saturated rings. The van der Waals surface area contributed by atoms with Crippen molar-refractivity contribution in [3.63, 3.8) is 0 Å². The van der Waals surface area contributed by atoms with Gasteiger partial charge in [0.2, 0.25) is 0 Å². The molecule has 0 bridgehead atoms. The number of aliphatic hydroxyl groups is 1. The van der Waals surface area contributed by atoms with Gasteiger partial charge in [0.05, 0.1) is 12.5 Å². The van der Waals surface area contributed by atoms with Crippen LogP contribution in [0.3, 0.4) is 0 Å². The van der Waals surface area contributed by atoms with Crippen molar-refractivity contribution < 1.29 is 34.4 Å². The van der Waals surface area contributed by atoms with Gasteiger partial charge in [-0.3, -0.25) is 14.8 Å². The Morgan fingerprint density at radius 1 is 0.880 bits per heavy atom. The molecule has 2 aromatic carbocycles. The van der Waals surface area contributed by atoms with Gasteiger partial charge in [-0.2, -0.15) is 0 Å². The molecule has 4 aromatic heterocycles. The van der Waals surface area contributed by atoms with Crippen LogP contribution in [0.5, 0.6) is 0 Å². The van der Waals surface area contributed by atoms with Crippen LogP contribution in [0.15, 0.2) is 89.6 Å². The van der Waals surface area contributed by atoms with Crippen LogP contribution in [0.4, 0.5) is 0 Å². The van der Waals surface area contributed by atoms with Crippen molar-refractivity contribution in [1.82, 2.24) is 9.97 Å². The third-order valence-corrected chi connectivity index (χ3v) is 11.7. The topological polar surface area (TPSA) is 76.2 Å². The van der Waals surface area contributed by atoms with E-state index in [-0.39, 0.29) is 47.9 Å². The van der Waals surface area contributed by atoms with E-state index in [1.165, 1.54) is 21.7 Å². The molecule has 5 nitrogen and oxygen atoms in total. The molecule has 7 heteroatoms. The zero-order chi connectivity index (χ0) is 35.6. The number of benzene rings is 2. The van der Waals surface area contributed by atoms with Crippen molar-refractivity contribution in [3.8, 4) is 21.7 Å². The SMILES string of the molecule is CC(C)(C)c1cc(-c2nccc3sc(-c4cncc5occc45)cc23)[c-]c2ccccc12.CCC(C)(CC)C(=O)/C=C(\O)C(C)(CC)CC.[Ir]. The first-order valence-electron chi connectivity index (χ1n) is 17.4. The number of hydrogen-bond acceptors (Lipinski definition) is 6. The molecule has 50 heavy (non-hydrogen) atoms. The van der Waals surface area contributed by atoms with E-state index in [4.69, 9.17) is 9.40 Å². The summed E-state index contributed by atoms with van der Waals surface area (Å²) in [6.45, 7) is 18.9. The second-order valence-electron chi connectivity index (χ2n) is 14.5. The van der Waals surface area contributed by atoms with Gasteiger partial charge in [-0.1, -0.05) is 91.5 Å². The number of carbonyl (C=O) groups excluding carboxylic acids is 1. The van der Waals surface area contributed by atoms with Gasteiger partial charge in [-0.05, 0) is 54.7 Å². The Balaban J connectivity index is 0.000000269. The first-order valence-corrected chi connectivity index (χ1v) is 18.2. The first-order chi connectivity index (χ1) is 23.3. The molecule has 0 saturated heterocycles. The van der Waals surface area contributed by atoms with E-state index >= 15 is 0 Å². The van der Waals surface area contributed by atoms with Crippen LogP contribution in [0.2, 0.25) is 0 Å². The van der Waals surface area contributed by atoms with E-state index in [2.05, 4.69) is 74.3 Å². The van der Waals surface area contributed by atoms with Gasteiger partial charge in [0.15, 0.2) is 11.4 Å². The fraction of sp³-hybridized carbons (Fsp3) is 0.372. The largest absolute Gasteiger partial charge is 0.512 e. The minimum absolute atomic E-state index is 0. The van der Waals surface area contributed by atoms with Gasteiger partial charge in [0, 0.05) is 75.6 Å². The Morgan fingerprint density at radius 3 is 2.22 bits per heavy atom. The summed E-state index contributed by atoms with van der Waals surface area (Å²) in [5.41, 5.74) is 4.60. The number of pyridine rings is 2. The third kappa shape index (κ3) is 7.81. The second-order valence-corrected chi connectivity index (χ2v) is 15.6. The smallest absolute Gasteiger partial charge is 0.164 e. The van der Waals surface area contributed by atoms with Crippen LogP contribution in [0.25, 0.3) is 53.5 Å². The van der Waals surface area contributed by atoms with E-state index in [1.807, 2.05) is 60.0 Å². The number of ketones is 1. The van der Waals surface area contributed by atoms with E-state index in [0.29, 0.717) is 0 Å². The molecule has 0 aliphatic carbocycles. The molecule has 0 aliphatic heterocycles. The Labute approximate surface area is 314 Å². The monoisotopic (exact) mass is 866 g/mol. The summed E-state index contributed by atoms with van der Waals surface area (Å²) in [4.78, 5) is 22.5. The van der Waals surface area contributed by atoms with Crippen LogP contribution in [0.1, 0.15) is 93.6 Å². The average molecular weight is 866 g/mol. The van der Waals surface area contributed by atoms with E-state index in [0.717, 1.165) is 69.1 Å². The summed E-state index contributed by atoms with van der Waals surface area (Å²) < 4.78 is 6.76.